The van der Waals surface area contributed by atoms with Gasteiger partial charge in [-0.3, -0.25) is 0 Å². The van der Waals surface area contributed by atoms with Crippen molar-refractivity contribution in [2.75, 3.05) is 10.5 Å². The van der Waals surface area contributed by atoms with Gasteiger partial charge in [0.05, 0.1) is 4.90 Å². The maximum absolute atomic E-state index is 11.9. The number of nitrogens with zero attached hydrogens (tertiary/aromatic N) is 2. The topological polar surface area (TPSA) is 98.0 Å². The normalized spacial score (nSPS) is 10.4. The van der Waals surface area contributed by atoms with Crippen LogP contribution in [0.15, 0.2) is 47.6 Å². The van der Waals surface area contributed by atoms with Crippen LogP contribution >= 0.6 is 0 Å². The standard InChI is InChI=1S/C10H10N4O2S.K.H/c11-8-2-4-9(5-3-8)17(15,16)14-10-12-6-1-7-13-10;;/h1-7H,11H2,(H,12,13,14);;/q;+1;-1. The first-order valence-electron chi connectivity index (χ1n) is 4.73. The van der Waals surface area contributed by atoms with Crippen molar-refractivity contribution in [1.29, 1.82) is 0 Å². The summed E-state index contributed by atoms with van der Waals surface area (Å²) in [5, 5.41) is 0. The van der Waals surface area contributed by atoms with Crippen LogP contribution in [0, 0.1) is 0 Å². The Morgan fingerprint density at radius 3 is 2.22 bits per heavy atom. The Morgan fingerprint density at radius 1 is 1.11 bits per heavy atom. The first-order chi connectivity index (χ1) is 8.08. The maximum atomic E-state index is 11.9. The van der Waals surface area contributed by atoms with Gasteiger partial charge in [0.1, 0.15) is 0 Å². The minimum absolute atomic E-state index is 0. The van der Waals surface area contributed by atoms with E-state index in [0.29, 0.717) is 5.69 Å². The second kappa shape index (κ2) is 6.59. The van der Waals surface area contributed by atoms with Gasteiger partial charge in [-0.2, -0.15) is 0 Å². The summed E-state index contributed by atoms with van der Waals surface area (Å²) in [6.45, 7) is 0. The molecule has 0 spiro atoms. The number of nitrogen functional groups attached to an aromatic ring is 1. The van der Waals surface area contributed by atoms with Gasteiger partial charge in [0.15, 0.2) is 0 Å². The number of hydrogen-bond acceptors (Lipinski definition) is 5. The van der Waals surface area contributed by atoms with Crippen LogP contribution in [0.4, 0.5) is 11.6 Å². The third kappa shape index (κ3) is 4.00. The van der Waals surface area contributed by atoms with Gasteiger partial charge < -0.3 is 7.16 Å². The summed E-state index contributed by atoms with van der Waals surface area (Å²) in [6, 6.07) is 7.46. The van der Waals surface area contributed by atoms with Crippen LogP contribution in [0.5, 0.6) is 0 Å². The monoisotopic (exact) mass is 290 g/mol. The number of hydrogen-bond donors (Lipinski definition) is 2. The van der Waals surface area contributed by atoms with Gasteiger partial charge in [-0.25, -0.2) is 23.1 Å². The summed E-state index contributed by atoms with van der Waals surface area (Å²) in [6.07, 6.45) is 2.90. The van der Waals surface area contributed by atoms with Crippen LogP contribution in [0.2, 0.25) is 0 Å². The van der Waals surface area contributed by atoms with Crippen LogP contribution in [0.25, 0.3) is 0 Å². The molecule has 0 saturated carbocycles. The van der Waals surface area contributed by atoms with Crippen LogP contribution in [0.3, 0.4) is 0 Å². The second-order valence-electron chi connectivity index (χ2n) is 3.25. The number of rotatable bonds is 3. The van der Waals surface area contributed by atoms with E-state index in [-0.39, 0.29) is 63.7 Å². The molecule has 18 heavy (non-hydrogen) atoms. The van der Waals surface area contributed by atoms with Crippen molar-refractivity contribution in [3.8, 4) is 0 Å². The molecule has 0 aliphatic rings. The van der Waals surface area contributed by atoms with E-state index in [1.807, 2.05) is 0 Å². The SMILES string of the molecule is Nc1ccc(S(=O)(=O)Nc2ncccn2)cc1.[H-].[K+]. The van der Waals surface area contributed by atoms with Crippen LogP contribution in [-0.4, -0.2) is 18.4 Å². The zero-order valence-corrected chi connectivity index (χ0v) is 13.7. The van der Waals surface area contributed by atoms with Gasteiger partial charge in [0.25, 0.3) is 10.0 Å². The van der Waals surface area contributed by atoms with Gasteiger partial charge in [0, 0.05) is 18.1 Å². The molecule has 0 amide bonds. The molecule has 0 fully saturated rings. The van der Waals surface area contributed by atoms with E-state index in [1.165, 1.54) is 36.7 Å². The van der Waals surface area contributed by atoms with Crippen molar-refractivity contribution in [1.82, 2.24) is 9.97 Å². The van der Waals surface area contributed by atoms with Crippen molar-refractivity contribution in [2.45, 2.75) is 4.90 Å². The molecule has 0 bridgehead atoms. The van der Waals surface area contributed by atoms with Crippen molar-refractivity contribution in [3.63, 3.8) is 0 Å². The molecule has 90 valence electrons. The Labute approximate surface area is 149 Å². The molecule has 0 aliphatic heterocycles. The molecule has 1 heterocycles. The first-order valence-corrected chi connectivity index (χ1v) is 6.22. The predicted octanol–water partition coefficient (Wildman–Crippen LogP) is -2.02. The molecular formula is C10H11KN4O2S. The zero-order chi connectivity index (χ0) is 12.3. The largest absolute Gasteiger partial charge is 1.00 e. The number of sulfonamides is 1. The first kappa shape index (κ1) is 15.5. The molecule has 0 radical (unpaired) electrons. The molecule has 3 N–H and O–H groups in total. The Bertz CT molecular complexity index is 607. The Balaban J connectivity index is 0.00000162. The predicted molar refractivity (Wildman–Crippen MR) is 64.8 cm³/mol. The minimum atomic E-state index is -3.66. The third-order valence-electron chi connectivity index (χ3n) is 1.98. The van der Waals surface area contributed by atoms with Crippen molar-refractivity contribution in [3.05, 3.63) is 42.7 Å². The molecule has 2 aromatic rings. The fourth-order valence-electron chi connectivity index (χ4n) is 1.18. The molecule has 2 rings (SSSR count). The molecule has 1 aromatic heterocycles. The van der Waals surface area contributed by atoms with E-state index in [0.717, 1.165) is 0 Å². The summed E-state index contributed by atoms with van der Waals surface area (Å²) in [5.41, 5.74) is 5.98. The van der Waals surface area contributed by atoms with Gasteiger partial charge in [0.2, 0.25) is 5.95 Å². The number of nitrogens with one attached hydrogen (secondary N) is 1. The summed E-state index contributed by atoms with van der Waals surface area (Å²) in [5.74, 6) is 0.0318. The number of benzene rings is 1. The Kier molecular flexibility index (Phi) is 5.69. The molecular weight excluding hydrogens is 279 g/mol. The fourth-order valence-corrected chi connectivity index (χ4v) is 2.14. The van der Waals surface area contributed by atoms with Gasteiger partial charge >= 0.3 is 51.4 Å². The summed E-state index contributed by atoms with van der Waals surface area (Å²) in [7, 11) is -3.66. The second-order valence-corrected chi connectivity index (χ2v) is 4.93. The van der Waals surface area contributed by atoms with E-state index < -0.39 is 10.0 Å². The summed E-state index contributed by atoms with van der Waals surface area (Å²) in [4.78, 5) is 7.67. The summed E-state index contributed by atoms with van der Waals surface area (Å²) >= 11 is 0. The fraction of sp³-hybridized carbons (Fsp3) is 0. The average Bonchev–Trinajstić information content (AvgIpc) is 2.30. The summed E-state index contributed by atoms with van der Waals surface area (Å²) < 4.78 is 26.0. The van der Waals surface area contributed by atoms with Crippen LogP contribution in [0.1, 0.15) is 1.43 Å². The van der Waals surface area contributed by atoms with Gasteiger partial charge in [-0.05, 0) is 30.3 Å². The van der Waals surface area contributed by atoms with Crippen LogP contribution < -0.4 is 61.8 Å². The molecule has 0 aliphatic carbocycles. The molecule has 0 atom stereocenters. The molecule has 8 heteroatoms. The number of aromatic nitrogens is 2. The Hall–Kier alpha value is -0.514. The Morgan fingerprint density at radius 2 is 1.67 bits per heavy atom. The van der Waals surface area contributed by atoms with E-state index in [4.69, 9.17) is 5.73 Å². The van der Waals surface area contributed by atoms with E-state index in [1.54, 1.807) is 6.07 Å². The van der Waals surface area contributed by atoms with Crippen molar-refractivity contribution in [2.24, 2.45) is 0 Å². The van der Waals surface area contributed by atoms with Crippen molar-refractivity contribution < 1.29 is 61.2 Å². The molecule has 6 nitrogen and oxygen atoms in total. The average molecular weight is 290 g/mol. The van der Waals surface area contributed by atoms with Gasteiger partial charge in [-0.15, -0.1) is 0 Å². The molecule has 0 unspecified atom stereocenters. The van der Waals surface area contributed by atoms with E-state index in [2.05, 4.69) is 14.7 Å². The minimum Gasteiger partial charge on any atom is -1.00 e. The van der Waals surface area contributed by atoms with Crippen LogP contribution in [-0.2, 0) is 10.0 Å². The molecule has 0 saturated heterocycles. The zero-order valence-electron chi connectivity index (χ0n) is 10.7. The third-order valence-corrected chi connectivity index (χ3v) is 3.33. The smallest absolute Gasteiger partial charge is 1.00 e. The van der Waals surface area contributed by atoms with Gasteiger partial charge in [-0.1, -0.05) is 0 Å². The van der Waals surface area contributed by atoms with E-state index >= 15 is 0 Å². The number of anilines is 2. The number of nitrogens with two attached hydrogens (primary N) is 1. The maximum Gasteiger partial charge on any atom is 1.00 e. The van der Waals surface area contributed by atoms with E-state index in [9.17, 15) is 8.42 Å². The quantitative estimate of drug-likeness (QED) is 0.502. The molecule has 1 aromatic carbocycles. The van der Waals surface area contributed by atoms with Crippen molar-refractivity contribution >= 4 is 21.7 Å².